The molecular weight excluding hydrogens is 392 g/mol. The number of aromatic nitrogens is 3. The summed E-state index contributed by atoms with van der Waals surface area (Å²) in [6, 6.07) is 9.87. The number of nitro benzene ring substituents is 1. The van der Waals surface area contributed by atoms with Crippen molar-refractivity contribution in [3.05, 3.63) is 63.8 Å². The first-order valence-corrected chi connectivity index (χ1v) is 10.1. The van der Waals surface area contributed by atoms with Crippen LogP contribution in [0.3, 0.4) is 0 Å². The molecule has 0 saturated heterocycles. The zero-order valence-corrected chi connectivity index (χ0v) is 15.7. The molecule has 0 fully saturated rings. The Morgan fingerprint density at radius 2 is 1.93 bits per heavy atom. The van der Waals surface area contributed by atoms with E-state index in [4.69, 9.17) is 4.18 Å². The SMILES string of the molecule is CCC(OS(=O)(=O)c1ccc([N+](=O)[O-])cc1)c1nnc(-c2ccccn2)s1. The third kappa shape index (κ3) is 4.32. The summed E-state index contributed by atoms with van der Waals surface area (Å²) in [5.74, 6) is 0. The van der Waals surface area contributed by atoms with Crippen LogP contribution in [0.4, 0.5) is 5.69 Å². The van der Waals surface area contributed by atoms with E-state index in [1.807, 2.05) is 6.07 Å². The Bertz CT molecular complexity index is 1040. The van der Waals surface area contributed by atoms with Gasteiger partial charge in [0.15, 0.2) is 5.01 Å². The van der Waals surface area contributed by atoms with E-state index in [1.54, 1.807) is 25.3 Å². The second kappa shape index (κ2) is 7.86. The minimum absolute atomic E-state index is 0.166. The smallest absolute Gasteiger partial charge is 0.258 e. The predicted octanol–water partition coefficient (Wildman–Crippen LogP) is 3.36. The Morgan fingerprint density at radius 1 is 1.19 bits per heavy atom. The van der Waals surface area contributed by atoms with Crippen LogP contribution in [0.1, 0.15) is 24.5 Å². The Hall–Kier alpha value is -2.76. The molecule has 1 atom stereocenters. The molecule has 0 spiro atoms. The highest BCUT2D eigenvalue weighted by Gasteiger charge is 2.26. The molecule has 3 aromatic rings. The van der Waals surface area contributed by atoms with Crippen LogP contribution in [0.25, 0.3) is 10.7 Å². The largest absolute Gasteiger partial charge is 0.297 e. The summed E-state index contributed by atoms with van der Waals surface area (Å²) in [4.78, 5) is 14.1. The number of non-ortho nitro benzene ring substituents is 1. The molecule has 3 rings (SSSR count). The van der Waals surface area contributed by atoms with E-state index in [2.05, 4.69) is 15.2 Å². The van der Waals surface area contributed by atoms with Gasteiger partial charge in [0, 0.05) is 18.3 Å². The van der Waals surface area contributed by atoms with Crippen LogP contribution in [0.2, 0.25) is 0 Å². The van der Waals surface area contributed by atoms with Crippen molar-refractivity contribution < 1.29 is 17.5 Å². The average Bonchev–Trinajstić information content (AvgIpc) is 3.17. The van der Waals surface area contributed by atoms with E-state index in [0.29, 0.717) is 22.1 Å². The first-order chi connectivity index (χ1) is 12.9. The number of pyridine rings is 1. The lowest BCUT2D eigenvalue weighted by Gasteiger charge is -2.12. The number of nitrogens with zero attached hydrogens (tertiary/aromatic N) is 4. The molecule has 0 aliphatic carbocycles. The quantitative estimate of drug-likeness (QED) is 0.332. The minimum atomic E-state index is -4.12. The molecule has 1 aromatic carbocycles. The average molecular weight is 406 g/mol. The van der Waals surface area contributed by atoms with Crippen LogP contribution in [0.5, 0.6) is 0 Å². The fourth-order valence-corrected chi connectivity index (χ4v) is 4.29. The van der Waals surface area contributed by atoms with Crippen LogP contribution in [0.15, 0.2) is 53.6 Å². The first kappa shape index (κ1) is 19.0. The van der Waals surface area contributed by atoms with E-state index in [1.165, 1.54) is 11.3 Å². The molecule has 0 bridgehead atoms. The van der Waals surface area contributed by atoms with Crippen molar-refractivity contribution in [1.82, 2.24) is 15.2 Å². The van der Waals surface area contributed by atoms with Crippen LogP contribution in [0, 0.1) is 10.1 Å². The fraction of sp³-hybridized carbons (Fsp3) is 0.188. The zero-order valence-electron chi connectivity index (χ0n) is 14.0. The molecule has 0 saturated carbocycles. The molecule has 0 aliphatic rings. The number of benzene rings is 1. The second-order valence-corrected chi connectivity index (χ2v) is 7.94. The molecule has 11 heteroatoms. The maximum atomic E-state index is 12.5. The number of nitro groups is 1. The van der Waals surface area contributed by atoms with Crippen LogP contribution < -0.4 is 0 Å². The van der Waals surface area contributed by atoms with Gasteiger partial charge in [0.05, 0.1) is 9.82 Å². The molecule has 9 nitrogen and oxygen atoms in total. The van der Waals surface area contributed by atoms with Crippen molar-refractivity contribution in [2.45, 2.75) is 24.3 Å². The summed E-state index contributed by atoms with van der Waals surface area (Å²) < 4.78 is 30.3. The summed E-state index contributed by atoms with van der Waals surface area (Å²) in [7, 11) is -4.12. The van der Waals surface area contributed by atoms with Gasteiger partial charge in [-0.05, 0) is 30.7 Å². The maximum absolute atomic E-state index is 12.5. The lowest BCUT2D eigenvalue weighted by Crippen LogP contribution is -2.12. The molecule has 0 aliphatic heterocycles. The Morgan fingerprint density at radius 3 is 2.52 bits per heavy atom. The van der Waals surface area contributed by atoms with E-state index in [9.17, 15) is 18.5 Å². The van der Waals surface area contributed by atoms with E-state index < -0.39 is 21.1 Å². The Kier molecular flexibility index (Phi) is 5.54. The molecule has 2 heterocycles. The summed E-state index contributed by atoms with van der Waals surface area (Å²) in [5.41, 5.74) is 0.430. The third-order valence-electron chi connectivity index (χ3n) is 3.55. The molecule has 0 amide bonds. The summed E-state index contributed by atoms with van der Waals surface area (Å²) >= 11 is 1.20. The normalized spacial score (nSPS) is 12.6. The van der Waals surface area contributed by atoms with E-state index in [-0.39, 0.29) is 10.6 Å². The van der Waals surface area contributed by atoms with Crippen LogP contribution >= 0.6 is 11.3 Å². The standard InChI is InChI=1S/C16H14N4O5S2/c1-2-14(16-19-18-15(26-16)13-5-3-4-10-17-13)25-27(23,24)12-8-6-11(7-9-12)20(21)22/h3-10,14H,2H2,1H3. The Balaban J connectivity index is 1.82. The van der Waals surface area contributed by atoms with E-state index in [0.717, 1.165) is 24.3 Å². The van der Waals surface area contributed by atoms with Crippen molar-refractivity contribution in [1.29, 1.82) is 0 Å². The highest BCUT2D eigenvalue weighted by atomic mass is 32.2. The topological polar surface area (TPSA) is 125 Å². The number of hydrogen-bond acceptors (Lipinski definition) is 9. The summed E-state index contributed by atoms with van der Waals surface area (Å²) in [6.45, 7) is 1.76. The second-order valence-electron chi connectivity index (χ2n) is 5.36. The monoisotopic (exact) mass is 406 g/mol. The lowest BCUT2D eigenvalue weighted by molar-refractivity contribution is -0.384. The molecule has 0 N–H and O–H groups in total. The van der Waals surface area contributed by atoms with Crippen molar-refractivity contribution in [3.63, 3.8) is 0 Å². The molecule has 1 unspecified atom stereocenters. The summed E-state index contributed by atoms with van der Waals surface area (Å²) in [5, 5.41) is 19.7. The zero-order chi connectivity index (χ0) is 19.4. The minimum Gasteiger partial charge on any atom is -0.258 e. The highest BCUT2D eigenvalue weighted by molar-refractivity contribution is 7.86. The molecule has 140 valence electrons. The van der Waals surface area contributed by atoms with Gasteiger partial charge in [-0.1, -0.05) is 24.3 Å². The fourth-order valence-electron chi connectivity index (χ4n) is 2.18. The van der Waals surface area contributed by atoms with Gasteiger partial charge in [-0.15, -0.1) is 10.2 Å². The number of rotatable bonds is 7. The molecule has 0 radical (unpaired) electrons. The predicted molar refractivity (Wildman–Crippen MR) is 97.5 cm³/mol. The van der Waals surface area contributed by atoms with Gasteiger partial charge in [0.2, 0.25) is 0 Å². The van der Waals surface area contributed by atoms with Gasteiger partial charge in [-0.3, -0.25) is 19.3 Å². The molecular formula is C16H14N4O5S2. The third-order valence-corrected chi connectivity index (χ3v) is 5.92. The molecule has 2 aromatic heterocycles. The van der Waals surface area contributed by atoms with Gasteiger partial charge in [0.1, 0.15) is 16.8 Å². The molecule has 27 heavy (non-hydrogen) atoms. The van der Waals surface area contributed by atoms with Gasteiger partial charge in [-0.25, -0.2) is 0 Å². The van der Waals surface area contributed by atoms with Crippen LogP contribution in [-0.2, 0) is 14.3 Å². The van der Waals surface area contributed by atoms with Gasteiger partial charge < -0.3 is 0 Å². The van der Waals surface area contributed by atoms with Gasteiger partial charge in [-0.2, -0.15) is 8.42 Å². The first-order valence-electron chi connectivity index (χ1n) is 7.83. The highest BCUT2D eigenvalue weighted by Crippen LogP contribution is 2.31. The van der Waals surface area contributed by atoms with Gasteiger partial charge in [0.25, 0.3) is 15.8 Å². The van der Waals surface area contributed by atoms with Crippen molar-refractivity contribution >= 4 is 27.1 Å². The number of hydrogen-bond donors (Lipinski definition) is 0. The Labute approximate surface area is 159 Å². The van der Waals surface area contributed by atoms with E-state index >= 15 is 0 Å². The van der Waals surface area contributed by atoms with Crippen molar-refractivity contribution in [2.75, 3.05) is 0 Å². The lowest BCUT2D eigenvalue weighted by atomic mass is 10.3. The van der Waals surface area contributed by atoms with Crippen LogP contribution in [-0.4, -0.2) is 28.5 Å². The maximum Gasteiger partial charge on any atom is 0.297 e. The summed E-state index contributed by atoms with van der Waals surface area (Å²) in [6.07, 6.45) is 1.16. The van der Waals surface area contributed by atoms with Gasteiger partial charge >= 0.3 is 0 Å². The van der Waals surface area contributed by atoms with Crippen molar-refractivity contribution in [3.8, 4) is 10.7 Å². The van der Waals surface area contributed by atoms with Crippen molar-refractivity contribution in [2.24, 2.45) is 0 Å².